The van der Waals surface area contributed by atoms with E-state index in [-0.39, 0.29) is 46.7 Å². The van der Waals surface area contributed by atoms with Gasteiger partial charge in [0.1, 0.15) is 0 Å². The van der Waals surface area contributed by atoms with E-state index in [0.717, 1.165) is 5.57 Å². The van der Waals surface area contributed by atoms with Gasteiger partial charge in [-0.15, -0.1) is 0 Å². The van der Waals surface area contributed by atoms with Crippen LogP contribution in [0, 0.1) is 23.7 Å². The van der Waals surface area contributed by atoms with E-state index in [1.54, 1.807) is 31.2 Å². The number of rotatable bonds is 4. The summed E-state index contributed by atoms with van der Waals surface area (Å²) in [7, 11) is 2.83. The van der Waals surface area contributed by atoms with Gasteiger partial charge >= 0.3 is 0 Å². The molecule has 0 spiro atoms. The average Bonchev–Trinajstić information content (AvgIpc) is 3.09. The fourth-order valence-electron chi connectivity index (χ4n) is 5.86. The summed E-state index contributed by atoms with van der Waals surface area (Å²) in [6.45, 7) is 1.58. The lowest BCUT2D eigenvalue weighted by molar-refractivity contribution is -0.173. The van der Waals surface area contributed by atoms with Gasteiger partial charge in [-0.05, 0) is 49.5 Å². The van der Waals surface area contributed by atoms with Crippen LogP contribution in [0.2, 0.25) is 0 Å². The molecule has 4 aliphatic rings. The third-order valence-corrected chi connectivity index (χ3v) is 7.57. The number of phenolic OH excluding ortho intramolecular Hbond substituents is 1. The van der Waals surface area contributed by atoms with Crippen molar-refractivity contribution in [3.63, 3.8) is 0 Å². The lowest BCUT2D eigenvalue weighted by Crippen LogP contribution is -2.39. The van der Waals surface area contributed by atoms with Crippen molar-refractivity contribution in [2.75, 3.05) is 14.2 Å². The van der Waals surface area contributed by atoms with Gasteiger partial charge < -0.3 is 14.6 Å². The van der Waals surface area contributed by atoms with E-state index in [1.807, 2.05) is 6.08 Å². The summed E-state index contributed by atoms with van der Waals surface area (Å²) in [6, 6.07) is 3.21. The first-order valence-electron chi connectivity index (χ1n) is 11.6. The molecule has 1 saturated heterocycles. The van der Waals surface area contributed by atoms with Gasteiger partial charge in [0.25, 0.3) is 11.8 Å². The van der Waals surface area contributed by atoms with Crippen LogP contribution in [0.3, 0.4) is 0 Å². The Labute approximate surface area is 206 Å². The standard InChI is InChI=1S/C27H25NO8/c1-12-8-19(29)22-15(5-4-13-9-20(35-2)25(31)21(10-13)36-3)14-6-7-16-23(27(33)28(34)26(16)32)17(14)11-18(22)24(12)30/h4-6,8-10,15-17,23,31,34H,7,11H2,1-3H3. The molecule has 2 N–H and O–H groups in total. The Morgan fingerprint density at radius 1 is 1.03 bits per heavy atom. The Balaban J connectivity index is 1.62. The molecule has 2 amide bonds. The lowest BCUT2D eigenvalue weighted by atomic mass is 9.60. The van der Waals surface area contributed by atoms with Gasteiger partial charge in [-0.2, -0.15) is 5.06 Å². The first kappa shape index (κ1) is 23.7. The maximum absolute atomic E-state index is 13.1. The molecule has 4 atom stereocenters. The van der Waals surface area contributed by atoms with Crippen molar-refractivity contribution in [1.82, 2.24) is 5.06 Å². The number of hydrogen-bond acceptors (Lipinski definition) is 8. The minimum Gasteiger partial charge on any atom is -0.502 e. The number of ketones is 2. The van der Waals surface area contributed by atoms with Crippen molar-refractivity contribution in [1.29, 1.82) is 0 Å². The third kappa shape index (κ3) is 3.42. The highest BCUT2D eigenvalue weighted by Crippen LogP contribution is 2.52. The number of hydroxylamine groups is 2. The van der Waals surface area contributed by atoms with Gasteiger partial charge in [-0.25, -0.2) is 0 Å². The zero-order chi connectivity index (χ0) is 25.9. The number of nitrogens with zero attached hydrogens (tertiary/aromatic N) is 1. The molecular formula is C27H25NO8. The molecule has 1 heterocycles. The quantitative estimate of drug-likeness (QED) is 0.285. The SMILES string of the molecule is COc1cc(C=CC2C3=CCC4C(=O)N(O)C(=O)C4C3CC3=C2C(=O)C=C(C)C3=O)cc(OC)c1O. The van der Waals surface area contributed by atoms with Gasteiger partial charge in [0.2, 0.25) is 5.75 Å². The summed E-state index contributed by atoms with van der Waals surface area (Å²) < 4.78 is 10.5. The number of amides is 2. The second-order valence-corrected chi connectivity index (χ2v) is 9.39. The highest BCUT2D eigenvalue weighted by atomic mass is 16.5. The summed E-state index contributed by atoms with van der Waals surface area (Å²) in [5, 5.41) is 20.4. The second-order valence-electron chi connectivity index (χ2n) is 9.39. The number of aromatic hydroxyl groups is 1. The number of phenols is 1. The summed E-state index contributed by atoms with van der Waals surface area (Å²) in [5.74, 6) is -4.18. The number of Topliss-reactive ketones (excluding diaryl/α,β-unsaturated/α-hetero) is 1. The van der Waals surface area contributed by atoms with E-state index in [0.29, 0.717) is 22.3 Å². The van der Waals surface area contributed by atoms with Crippen LogP contribution >= 0.6 is 0 Å². The normalized spacial score (nSPS) is 27.6. The van der Waals surface area contributed by atoms with Crippen LogP contribution in [-0.2, 0) is 19.2 Å². The molecule has 3 aliphatic carbocycles. The number of allylic oxidation sites excluding steroid dienone is 7. The summed E-state index contributed by atoms with van der Waals surface area (Å²) in [5.41, 5.74) is 2.42. The van der Waals surface area contributed by atoms with E-state index in [4.69, 9.17) is 9.47 Å². The van der Waals surface area contributed by atoms with Gasteiger partial charge in [0.15, 0.2) is 23.1 Å². The lowest BCUT2D eigenvalue weighted by Gasteiger charge is -2.41. The van der Waals surface area contributed by atoms with E-state index in [9.17, 15) is 29.5 Å². The fraction of sp³-hybridized carbons (Fsp3) is 0.333. The number of benzene rings is 1. The number of hydrogen-bond donors (Lipinski definition) is 2. The van der Waals surface area contributed by atoms with Gasteiger partial charge in [0, 0.05) is 22.6 Å². The number of carbonyl (C=O) groups is 4. The molecule has 5 rings (SSSR count). The summed E-state index contributed by atoms with van der Waals surface area (Å²) in [4.78, 5) is 51.5. The molecule has 1 aromatic carbocycles. The smallest absolute Gasteiger partial charge is 0.257 e. The minimum atomic E-state index is -0.796. The molecule has 4 unspecified atom stereocenters. The Hall–Kier alpha value is -3.98. The van der Waals surface area contributed by atoms with Crippen LogP contribution in [0.15, 0.2) is 52.7 Å². The molecule has 1 aliphatic heterocycles. The maximum Gasteiger partial charge on any atom is 0.257 e. The molecule has 186 valence electrons. The molecule has 36 heavy (non-hydrogen) atoms. The van der Waals surface area contributed by atoms with Gasteiger partial charge in [-0.1, -0.05) is 23.8 Å². The molecule has 0 radical (unpaired) electrons. The topological polar surface area (TPSA) is 130 Å². The number of imide groups is 1. The third-order valence-electron chi connectivity index (χ3n) is 7.57. The van der Waals surface area contributed by atoms with E-state index < -0.39 is 35.5 Å². The highest BCUT2D eigenvalue weighted by Gasteiger charge is 2.55. The zero-order valence-corrected chi connectivity index (χ0v) is 20.0. The molecular weight excluding hydrogens is 466 g/mol. The highest BCUT2D eigenvalue weighted by molar-refractivity contribution is 6.23. The Bertz CT molecular complexity index is 1320. The van der Waals surface area contributed by atoms with Crippen molar-refractivity contribution >= 4 is 29.5 Å². The first-order valence-corrected chi connectivity index (χ1v) is 11.6. The number of carbonyl (C=O) groups excluding carboxylic acids is 4. The van der Waals surface area contributed by atoms with E-state index >= 15 is 0 Å². The number of methoxy groups -OCH3 is 2. The minimum absolute atomic E-state index is 0.146. The van der Waals surface area contributed by atoms with Crippen LogP contribution < -0.4 is 9.47 Å². The number of fused-ring (bicyclic) bond motifs is 3. The average molecular weight is 491 g/mol. The number of ether oxygens (including phenoxy) is 2. The maximum atomic E-state index is 13.1. The van der Waals surface area contributed by atoms with Crippen molar-refractivity contribution in [3.05, 3.63) is 58.2 Å². The Kier molecular flexibility index (Phi) is 5.67. The predicted molar refractivity (Wildman–Crippen MR) is 126 cm³/mol. The molecule has 1 fully saturated rings. The Morgan fingerprint density at radius 3 is 2.33 bits per heavy atom. The summed E-state index contributed by atoms with van der Waals surface area (Å²) >= 11 is 0. The van der Waals surface area contributed by atoms with Crippen LogP contribution in [0.1, 0.15) is 25.3 Å². The summed E-state index contributed by atoms with van der Waals surface area (Å²) in [6.07, 6.45) is 7.10. The van der Waals surface area contributed by atoms with Gasteiger partial charge in [-0.3, -0.25) is 24.4 Å². The molecule has 9 heteroatoms. The zero-order valence-electron chi connectivity index (χ0n) is 20.0. The van der Waals surface area contributed by atoms with Crippen molar-refractivity contribution in [2.45, 2.75) is 19.8 Å². The van der Waals surface area contributed by atoms with Crippen molar-refractivity contribution in [2.24, 2.45) is 23.7 Å². The molecule has 0 saturated carbocycles. The predicted octanol–water partition coefficient (Wildman–Crippen LogP) is 2.77. The first-order chi connectivity index (χ1) is 17.2. The van der Waals surface area contributed by atoms with Crippen LogP contribution in [0.5, 0.6) is 17.2 Å². The van der Waals surface area contributed by atoms with E-state index in [2.05, 4.69) is 0 Å². The van der Waals surface area contributed by atoms with Crippen molar-refractivity contribution in [3.8, 4) is 17.2 Å². The second kappa shape index (κ2) is 8.60. The van der Waals surface area contributed by atoms with Crippen LogP contribution in [-0.4, -0.2) is 53.0 Å². The molecule has 1 aromatic rings. The van der Waals surface area contributed by atoms with Gasteiger partial charge in [0.05, 0.1) is 26.1 Å². The van der Waals surface area contributed by atoms with Crippen LogP contribution in [0.25, 0.3) is 6.08 Å². The Morgan fingerprint density at radius 2 is 1.69 bits per heavy atom. The largest absolute Gasteiger partial charge is 0.502 e. The molecule has 0 aromatic heterocycles. The molecule has 9 nitrogen and oxygen atoms in total. The van der Waals surface area contributed by atoms with E-state index in [1.165, 1.54) is 20.3 Å². The monoisotopic (exact) mass is 491 g/mol. The fourth-order valence-corrected chi connectivity index (χ4v) is 5.86. The van der Waals surface area contributed by atoms with Crippen molar-refractivity contribution < 1.29 is 39.0 Å². The van der Waals surface area contributed by atoms with Crippen LogP contribution in [0.4, 0.5) is 0 Å². The molecule has 0 bridgehead atoms.